The van der Waals surface area contributed by atoms with E-state index in [4.69, 9.17) is 4.74 Å². The van der Waals surface area contributed by atoms with Crippen LogP contribution in [0.4, 0.5) is 0 Å². The first-order chi connectivity index (χ1) is 12.2. The van der Waals surface area contributed by atoms with Gasteiger partial charge in [-0.2, -0.15) is 0 Å². The number of ether oxygens (including phenoxy) is 1. The zero-order valence-electron chi connectivity index (χ0n) is 14.1. The summed E-state index contributed by atoms with van der Waals surface area (Å²) in [7, 11) is 0. The maximum atomic E-state index is 12.3. The minimum atomic E-state index is -0.149. The van der Waals surface area contributed by atoms with E-state index in [0.717, 1.165) is 38.9 Å². The van der Waals surface area contributed by atoms with Crippen LogP contribution in [0.1, 0.15) is 34.6 Å². The summed E-state index contributed by atoms with van der Waals surface area (Å²) in [5.41, 5.74) is 0.240. The zero-order chi connectivity index (χ0) is 17.1. The second-order valence-electron chi connectivity index (χ2n) is 6.83. The molecule has 4 heterocycles. The second kappa shape index (κ2) is 7.19. The topological polar surface area (TPSA) is 67.3 Å². The van der Waals surface area contributed by atoms with E-state index >= 15 is 0 Å². The average Bonchev–Trinajstić information content (AvgIpc) is 3.27. The highest BCUT2D eigenvalue weighted by Crippen LogP contribution is 2.35. The van der Waals surface area contributed by atoms with Crippen molar-refractivity contribution in [2.45, 2.75) is 37.5 Å². The quantitative estimate of drug-likeness (QED) is 0.906. The standard InChI is InChI=1S/C18H22N4O2S/c23-17(16-11-19-5-6-20-16)21-14-3-8-24-18(10-14)4-7-22(13-18)12-15-2-1-9-25-15/h1-2,5-6,9,11,14H,3-4,7-8,10,12-13H2,(H,21,23)/t14-,18+/m0/s1. The number of rotatable bonds is 4. The Morgan fingerprint density at radius 1 is 1.48 bits per heavy atom. The summed E-state index contributed by atoms with van der Waals surface area (Å²) in [4.78, 5) is 24.2. The van der Waals surface area contributed by atoms with Crippen LogP contribution in [0.3, 0.4) is 0 Å². The molecule has 2 aliphatic heterocycles. The summed E-state index contributed by atoms with van der Waals surface area (Å²) < 4.78 is 6.18. The van der Waals surface area contributed by atoms with E-state index in [1.807, 2.05) is 0 Å². The van der Waals surface area contributed by atoms with Gasteiger partial charge in [0.25, 0.3) is 5.91 Å². The number of carbonyl (C=O) groups excluding carboxylic acids is 1. The Morgan fingerprint density at radius 3 is 3.24 bits per heavy atom. The van der Waals surface area contributed by atoms with Gasteiger partial charge in [-0.3, -0.25) is 14.7 Å². The largest absolute Gasteiger partial charge is 0.373 e. The third-order valence-corrected chi connectivity index (χ3v) is 5.84. The first kappa shape index (κ1) is 16.6. The molecule has 2 atom stereocenters. The average molecular weight is 358 g/mol. The van der Waals surface area contributed by atoms with Gasteiger partial charge in [-0.15, -0.1) is 11.3 Å². The lowest BCUT2D eigenvalue weighted by Gasteiger charge is -2.38. The van der Waals surface area contributed by atoms with Gasteiger partial charge in [-0.05, 0) is 30.7 Å². The van der Waals surface area contributed by atoms with E-state index in [1.54, 1.807) is 23.7 Å². The molecule has 25 heavy (non-hydrogen) atoms. The van der Waals surface area contributed by atoms with Crippen molar-refractivity contribution in [3.05, 3.63) is 46.7 Å². The fourth-order valence-electron chi connectivity index (χ4n) is 3.80. The van der Waals surface area contributed by atoms with Crippen molar-refractivity contribution in [1.29, 1.82) is 0 Å². The number of likely N-dealkylation sites (tertiary alicyclic amines) is 1. The van der Waals surface area contributed by atoms with Gasteiger partial charge in [0.2, 0.25) is 0 Å². The molecule has 2 aromatic rings. The molecule has 0 aliphatic carbocycles. The fourth-order valence-corrected chi connectivity index (χ4v) is 4.54. The van der Waals surface area contributed by atoms with E-state index in [2.05, 4.69) is 37.7 Å². The van der Waals surface area contributed by atoms with E-state index in [-0.39, 0.29) is 17.6 Å². The number of nitrogens with zero attached hydrogens (tertiary/aromatic N) is 3. The van der Waals surface area contributed by atoms with Gasteiger partial charge in [-0.25, -0.2) is 4.98 Å². The van der Waals surface area contributed by atoms with Crippen molar-refractivity contribution < 1.29 is 9.53 Å². The van der Waals surface area contributed by atoms with Crippen LogP contribution in [0.15, 0.2) is 36.1 Å². The Bertz CT molecular complexity index is 709. The maximum absolute atomic E-state index is 12.3. The number of carbonyl (C=O) groups is 1. The van der Waals surface area contributed by atoms with Crippen molar-refractivity contribution in [2.24, 2.45) is 0 Å². The Balaban J connectivity index is 1.35. The van der Waals surface area contributed by atoms with Crippen LogP contribution in [-0.4, -0.2) is 52.1 Å². The molecule has 1 N–H and O–H groups in total. The Kier molecular flexibility index (Phi) is 4.78. The Hall–Kier alpha value is -1.83. The van der Waals surface area contributed by atoms with Gasteiger partial charge >= 0.3 is 0 Å². The highest BCUT2D eigenvalue weighted by Gasteiger charge is 2.43. The minimum absolute atomic E-state index is 0.129. The number of hydrogen-bond donors (Lipinski definition) is 1. The monoisotopic (exact) mass is 358 g/mol. The number of thiophene rings is 1. The van der Waals surface area contributed by atoms with Crippen LogP contribution in [0.25, 0.3) is 0 Å². The first-order valence-corrected chi connectivity index (χ1v) is 9.56. The van der Waals surface area contributed by atoms with Crippen molar-refractivity contribution >= 4 is 17.2 Å². The third kappa shape index (κ3) is 3.89. The summed E-state index contributed by atoms with van der Waals surface area (Å²) in [5.74, 6) is -0.149. The SMILES string of the molecule is O=C(N[C@H]1CCO[C@]2(CCN(Cc3cccs3)C2)C1)c1cnccn1. The first-order valence-electron chi connectivity index (χ1n) is 8.68. The summed E-state index contributed by atoms with van der Waals surface area (Å²) >= 11 is 1.80. The molecule has 1 spiro atoms. The lowest BCUT2D eigenvalue weighted by Crippen LogP contribution is -2.50. The second-order valence-corrected chi connectivity index (χ2v) is 7.86. The van der Waals surface area contributed by atoms with Gasteiger partial charge in [0.15, 0.2) is 0 Å². The van der Waals surface area contributed by atoms with Crippen LogP contribution in [-0.2, 0) is 11.3 Å². The maximum Gasteiger partial charge on any atom is 0.271 e. The van der Waals surface area contributed by atoms with Crippen LogP contribution < -0.4 is 5.32 Å². The molecular weight excluding hydrogens is 336 g/mol. The van der Waals surface area contributed by atoms with Gasteiger partial charge < -0.3 is 10.1 Å². The zero-order valence-corrected chi connectivity index (χ0v) is 14.9. The minimum Gasteiger partial charge on any atom is -0.373 e. The molecule has 4 rings (SSSR count). The van der Waals surface area contributed by atoms with Crippen LogP contribution in [0.5, 0.6) is 0 Å². The van der Waals surface area contributed by atoms with Crippen molar-refractivity contribution in [3.8, 4) is 0 Å². The lowest BCUT2D eigenvalue weighted by atomic mass is 9.89. The van der Waals surface area contributed by atoms with Gasteiger partial charge in [0.05, 0.1) is 11.8 Å². The molecule has 2 aliphatic rings. The van der Waals surface area contributed by atoms with E-state index in [0.29, 0.717) is 12.3 Å². The Labute approximate surface area is 151 Å². The van der Waals surface area contributed by atoms with Gasteiger partial charge in [0, 0.05) is 49.6 Å². The molecule has 132 valence electrons. The predicted molar refractivity (Wildman–Crippen MR) is 95.4 cm³/mol. The normalized spacial score (nSPS) is 26.8. The van der Waals surface area contributed by atoms with Crippen molar-refractivity contribution in [2.75, 3.05) is 19.7 Å². The van der Waals surface area contributed by atoms with Crippen LogP contribution >= 0.6 is 11.3 Å². The van der Waals surface area contributed by atoms with Gasteiger partial charge in [-0.1, -0.05) is 6.07 Å². The molecular formula is C18H22N4O2S. The number of nitrogens with one attached hydrogen (secondary N) is 1. The molecule has 2 fully saturated rings. The molecule has 2 aromatic heterocycles. The number of aromatic nitrogens is 2. The summed E-state index contributed by atoms with van der Waals surface area (Å²) in [5, 5.41) is 5.23. The molecule has 0 unspecified atom stereocenters. The molecule has 0 radical (unpaired) electrons. The molecule has 7 heteroatoms. The molecule has 6 nitrogen and oxygen atoms in total. The molecule has 0 saturated carbocycles. The van der Waals surface area contributed by atoms with E-state index < -0.39 is 0 Å². The van der Waals surface area contributed by atoms with Crippen LogP contribution in [0.2, 0.25) is 0 Å². The molecule has 0 bridgehead atoms. The van der Waals surface area contributed by atoms with Gasteiger partial charge in [0.1, 0.15) is 5.69 Å². The molecule has 0 aromatic carbocycles. The summed E-state index contributed by atoms with van der Waals surface area (Å²) in [6.07, 6.45) is 7.35. The van der Waals surface area contributed by atoms with E-state index in [1.165, 1.54) is 11.1 Å². The Morgan fingerprint density at radius 2 is 2.44 bits per heavy atom. The van der Waals surface area contributed by atoms with Crippen molar-refractivity contribution in [1.82, 2.24) is 20.2 Å². The van der Waals surface area contributed by atoms with Crippen molar-refractivity contribution in [3.63, 3.8) is 0 Å². The highest BCUT2D eigenvalue weighted by atomic mass is 32.1. The molecule has 1 amide bonds. The fraction of sp³-hybridized carbons (Fsp3) is 0.500. The smallest absolute Gasteiger partial charge is 0.271 e. The lowest BCUT2D eigenvalue weighted by molar-refractivity contribution is -0.0792. The third-order valence-electron chi connectivity index (χ3n) is 4.98. The summed E-state index contributed by atoms with van der Waals surface area (Å²) in [6, 6.07) is 4.41. The number of amides is 1. The highest BCUT2D eigenvalue weighted by molar-refractivity contribution is 7.09. The predicted octanol–water partition coefficient (Wildman–Crippen LogP) is 2.09. The van der Waals surface area contributed by atoms with Crippen LogP contribution in [0, 0.1) is 0 Å². The van der Waals surface area contributed by atoms with E-state index in [9.17, 15) is 4.79 Å². The summed E-state index contributed by atoms with van der Waals surface area (Å²) in [6.45, 7) is 3.66. The number of hydrogen-bond acceptors (Lipinski definition) is 6. The molecule has 2 saturated heterocycles.